The van der Waals surface area contributed by atoms with Crippen molar-refractivity contribution < 1.29 is 18.4 Å². The molecule has 0 unspecified atom stereocenters. The summed E-state index contributed by atoms with van der Waals surface area (Å²) in [4.78, 5) is 27.9. The molecule has 5 N–H and O–H groups in total. The number of hydrogen-bond donors (Lipinski definition) is 4. The standard InChI is InChI=1S/C29H30FN5O3/c1-4-35(5-2)23-15-24-22(26(29(37)33-3)27(38-24)17-9-11-20(30)12-10-17)14-21(23)18-7-6-8-19(13-18)28(36)34-16-25(31)32/h6-15H,4-5,16H2,1-3H3,(H3,31,32)(H,33,37)(H,34,36). The minimum atomic E-state index is -0.385. The number of halogens is 1. The van der Waals surface area contributed by atoms with E-state index in [0.717, 1.165) is 29.9 Å². The van der Waals surface area contributed by atoms with E-state index in [1.54, 1.807) is 37.4 Å². The molecule has 4 rings (SSSR count). The van der Waals surface area contributed by atoms with Crippen molar-refractivity contribution in [1.82, 2.24) is 10.6 Å². The molecule has 1 aromatic heterocycles. The molecular formula is C29H30FN5O3. The van der Waals surface area contributed by atoms with Crippen LogP contribution in [0.25, 0.3) is 33.4 Å². The summed E-state index contributed by atoms with van der Waals surface area (Å²) in [6, 6.07) is 16.7. The summed E-state index contributed by atoms with van der Waals surface area (Å²) in [6.07, 6.45) is 0. The Kier molecular flexibility index (Phi) is 7.76. The number of fused-ring (bicyclic) bond motifs is 1. The van der Waals surface area contributed by atoms with Gasteiger partial charge in [0.1, 0.15) is 23.0 Å². The smallest absolute Gasteiger partial charge is 0.255 e. The van der Waals surface area contributed by atoms with Crippen molar-refractivity contribution in [3.05, 3.63) is 77.6 Å². The van der Waals surface area contributed by atoms with Gasteiger partial charge >= 0.3 is 0 Å². The topological polar surface area (TPSA) is 124 Å². The van der Waals surface area contributed by atoms with Gasteiger partial charge in [-0.05, 0) is 61.9 Å². The van der Waals surface area contributed by atoms with Crippen molar-refractivity contribution in [3.63, 3.8) is 0 Å². The van der Waals surface area contributed by atoms with Crippen LogP contribution in [-0.2, 0) is 0 Å². The maximum atomic E-state index is 13.6. The first-order chi connectivity index (χ1) is 18.3. The number of nitrogens with two attached hydrogens (primary N) is 1. The zero-order chi connectivity index (χ0) is 27.4. The highest BCUT2D eigenvalue weighted by atomic mass is 19.1. The lowest BCUT2D eigenvalue weighted by molar-refractivity contribution is 0.0953. The highest BCUT2D eigenvalue weighted by molar-refractivity contribution is 6.13. The Morgan fingerprint density at radius 3 is 2.34 bits per heavy atom. The van der Waals surface area contributed by atoms with Crippen LogP contribution < -0.4 is 21.3 Å². The lowest BCUT2D eigenvalue weighted by atomic mass is 9.96. The van der Waals surface area contributed by atoms with E-state index >= 15 is 0 Å². The average Bonchev–Trinajstić information content (AvgIpc) is 3.30. The summed E-state index contributed by atoms with van der Waals surface area (Å²) in [5.41, 5.74) is 9.71. The molecule has 0 aliphatic rings. The number of benzene rings is 3. The molecule has 0 aliphatic carbocycles. The maximum absolute atomic E-state index is 13.6. The van der Waals surface area contributed by atoms with Crippen molar-refractivity contribution in [3.8, 4) is 22.5 Å². The fourth-order valence-corrected chi connectivity index (χ4v) is 4.45. The Hall–Kier alpha value is -4.66. The van der Waals surface area contributed by atoms with E-state index in [-0.39, 0.29) is 30.0 Å². The van der Waals surface area contributed by atoms with Gasteiger partial charge in [0.05, 0.1) is 12.1 Å². The third kappa shape index (κ3) is 5.22. The first kappa shape index (κ1) is 26.4. The van der Waals surface area contributed by atoms with Crippen LogP contribution in [0, 0.1) is 11.2 Å². The molecular weight excluding hydrogens is 485 g/mol. The van der Waals surface area contributed by atoms with Crippen LogP contribution in [0.1, 0.15) is 34.6 Å². The molecule has 38 heavy (non-hydrogen) atoms. The summed E-state index contributed by atoms with van der Waals surface area (Å²) in [7, 11) is 1.55. The van der Waals surface area contributed by atoms with Crippen molar-refractivity contribution in [1.29, 1.82) is 5.41 Å². The Balaban J connectivity index is 1.95. The Morgan fingerprint density at radius 1 is 1.00 bits per heavy atom. The fourth-order valence-electron chi connectivity index (χ4n) is 4.45. The number of furan rings is 1. The third-order valence-electron chi connectivity index (χ3n) is 6.35. The van der Waals surface area contributed by atoms with E-state index in [0.29, 0.717) is 33.4 Å². The molecule has 3 aromatic carbocycles. The summed E-state index contributed by atoms with van der Waals surface area (Å²) < 4.78 is 19.8. The van der Waals surface area contributed by atoms with E-state index in [1.165, 1.54) is 12.1 Å². The SMILES string of the molecule is CCN(CC)c1cc2oc(-c3ccc(F)cc3)c(C(=O)NC)c2cc1-c1cccc(C(=O)NCC(=N)N)c1. The number of carbonyl (C=O) groups excluding carboxylic acids is 2. The molecule has 0 radical (unpaired) electrons. The second-order valence-electron chi connectivity index (χ2n) is 8.72. The number of hydrogen-bond acceptors (Lipinski definition) is 5. The first-order valence-corrected chi connectivity index (χ1v) is 12.3. The quantitative estimate of drug-likeness (QED) is 0.189. The van der Waals surface area contributed by atoms with Crippen LogP contribution >= 0.6 is 0 Å². The van der Waals surface area contributed by atoms with Crippen LogP contribution in [-0.4, -0.2) is 44.3 Å². The molecule has 8 nitrogen and oxygen atoms in total. The van der Waals surface area contributed by atoms with Crippen LogP contribution in [0.2, 0.25) is 0 Å². The van der Waals surface area contributed by atoms with Gasteiger partial charge in [-0.1, -0.05) is 12.1 Å². The van der Waals surface area contributed by atoms with Crippen molar-refractivity contribution in [2.75, 3.05) is 31.6 Å². The lowest BCUT2D eigenvalue weighted by Crippen LogP contribution is -2.32. The lowest BCUT2D eigenvalue weighted by Gasteiger charge is -2.24. The van der Waals surface area contributed by atoms with Gasteiger partial charge in [0, 0.05) is 54.0 Å². The van der Waals surface area contributed by atoms with E-state index < -0.39 is 0 Å². The Morgan fingerprint density at radius 2 is 1.71 bits per heavy atom. The van der Waals surface area contributed by atoms with Crippen LogP contribution in [0.3, 0.4) is 0 Å². The molecule has 0 saturated carbocycles. The third-order valence-corrected chi connectivity index (χ3v) is 6.35. The van der Waals surface area contributed by atoms with E-state index in [2.05, 4.69) is 15.5 Å². The number of amidine groups is 1. The summed E-state index contributed by atoms with van der Waals surface area (Å²) in [5.74, 6) is -0.853. The number of nitrogens with zero attached hydrogens (tertiary/aromatic N) is 1. The second-order valence-corrected chi connectivity index (χ2v) is 8.72. The minimum absolute atomic E-state index is 0.0452. The maximum Gasteiger partial charge on any atom is 0.255 e. The van der Waals surface area contributed by atoms with Gasteiger partial charge in [0.25, 0.3) is 11.8 Å². The van der Waals surface area contributed by atoms with Gasteiger partial charge in [-0.25, -0.2) is 4.39 Å². The predicted octanol–water partition coefficient (Wildman–Crippen LogP) is 4.78. The van der Waals surface area contributed by atoms with Crippen LogP contribution in [0.15, 0.2) is 65.1 Å². The molecule has 9 heteroatoms. The molecule has 0 atom stereocenters. The van der Waals surface area contributed by atoms with Crippen LogP contribution in [0.4, 0.5) is 10.1 Å². The summed E-state index contributed by atoms with van der Waals surface area (Å²) >= 11 is 0. The van der Waals surface area contributed by atoms with E-state index in [4.69, 9.17) is 15.6 Å². The molecule has 0 fully saturated rings. The van der Waals surface area contributed by atoms with Gasteiger partial charge in [0.2, 0.25) is 0 Å². The Labute approximate surface area is 220 Å². The normalized spacial score (nSPS) is 10.8. The number of carbonyl (C=O) groups is 2. The van der Waals surface area contributed by atoms with E-state index in [9.17, 15) is 14.0 Å². The molecule has 2 amide bonds. The molecule has 0 spiro atoms. The molecule has 1 heterocycles. The molecule has 0 aliphatic heterocycles. The minimum Gasteiger partial charge on any atom is -0.455 e. The summed E-state index contributed by atoms with van der Waals surface area (Å²) in [5, 5.41) is 13.3. The van der Waals surface area contributed by atoms with Crippen LogP contribution in [0.5, 0.6) is 0 Å². The second kappa shape index (κ2) is 11.2. The van der Waals surface area contributed by atoms with Crippen molar-refractivity contribution >= 4 is 34.3 Å². The highest BCUT2D eigenvalue weighted by Crippen LogP contribution is 2.41. The largest absolute Gasteiger partial charge is 0.455 e. The molecule has 196 valence electrons. The molecule has 0 bridgehead atoms. The van der Waals surface area contributed by atoms with Crippen molar-refractivity contribution in [2.45, 2.75) is 13.8 Å². The van der Waals surface area contributed by atoms with Gasteiger partial charge in [-0.2, -0.15) is 0 Å². The predicted molar refractivity (Wildman–Crippen MR) is 148 cm³/mol. The zero-order valence-corrected chi connectivity index (χ0v) is 21.5. The molecule has 0 saturated heterocycles. The number of nitrogens with one attached hydrogen (secondary N) is 3. The first-order valence-electron chi connectivity index (χ1n) is 12.3. The van der Waals surface area contributed by atoms with E-state index in [1.807, 2.05) is 32.0 Å². The van der Waals surface area contributed by atoms with Gasteiger partial charge in [-0.15, -0.1) is 0 Å². The average molecular weight is 516 g/mol. The van der Waals surface area contributed by atoms with Gasteiger partial charge in [-0.3, -0.25) is 15.0 Å². The Bertz CT molecular complexity index is 1510. The summed E-state index contributed by atoms with van der Waals surface area (Å²) in [6.45, 7) is 5.50. The van der Waals surface area contributed by atoms with Gasteiger partial charge in [0.15, 0.2) is 0 Å². The fraction of sp³-hybridized carbons (Fsp3) is 0.207. The number of rotatable bonds is 9. The number of anilines is 1. The molecule has 4 aromatic rings. The highest BCUT2D eigenvalue weighted by Gasteiger charge is 2.24. The number of amides is 2. The zero-order valence-electron chi connectivity index (χ0n) is 21.5. The van der Waals surface area contributed by atoms with Gasteiger partial charge < -0.3 is 25.7 Å². The monoisotopic (exact) mass is 515 g/mol. The van der Waals surface area contributed by atoms with Crippen molar-refractivity contribution in [2.24, 2.45) is 5.73 Å².